The largest absolute Gasteiger partial charge is 0.504 e. The van der Waals surface area contributed by atoms with Gasteiger partial charge in [-0.25, -0.2) is 4.39 Å². The Hall–Kier alpha value is -2.07. The molecule has 3 nitrogen and oxygen atoms in total. The van der Waals surface area contributed by atoms with Crippen LogP contribution in [0.4, 0.5) is 4.39 Å². The quantitative estimate of drug-likeness (QED) is 0.930. The van der Waals surface area contributed by atoms with E-state index in [0.717, 1.165) is 37.1 Å². The first-order chi connectivity index (χ1) is 10.7. The van der Waals surface area contributed by atoms with Crippen molar-refractivity contribution in [2.75, 3.05) is 13.7 Å². The maximum atomic E-state index is 13.4. The lowest BCUT2D eigenvalue weighted by molar-refractivity contribution is 0.247. The number of hydrogen-bond acceptors (Lipinski definition) is 3. The Morgan fingerprint density at radius 3 is 2.86 bits per heavy atom. The summed E-state index contributed by atoms with van der Waals surface area (Å²) in [4.78, 5) is 2.33. The van der Waals surface area contributed by atoms with Crippen LogP contribution in [0.3, 0.4) is 0 Å². The van der Waals surface area contributed by atoms with Gasteiger partial charge in [-0.1, -0.05) is 18.2 Å². The number of methoxy groups -OCH3 is 1. The molecule has 1 aliphatic heterocycles. The van der Waals surface area contributed by atoms with Crippen molar-refractivity contribution in [2.45, 2.75) is 25.4 Å². The summed E-state index contributed by atoms with van der Waals surface area (Å²) >= 11 is 0. The molecule has 1 aliphatic rings. The Morgan fingerprint density at radius 1 is 1.27 bits per heavy atom. The molecule has 116 valence electrons. The molecule has 1 atom stereocenters. The van der Waals surface area contributed by atoms with Crippen molar-refractivity contribution < 1.29 is 14.2 Å². The van der Waals surface area contributed by atoms with Crippen molar-refractivity contribution in [2.24, 2.45) is 0 Å². The van der Waals surface area contributed by atoms with Gasteiger partial charge in [0.1, 0.15) is 5.82 Å². The van der Waals surface area contributed by atoms with E-state index in [9.17, 15) is 9.50 Å². The minimum atomic E-state index is -0.188. The Bertz CT molecular complexity index is 659. The number of aromatic hydroxyl groups is 1. The lowest BCUT2D eigenvalue weighted by Crippen LogP contribution is -2.22. The van der Waals surface area contributed by atoms with Crippen molar-refractivity contribution >= 4 is 0 Å². The summed E-state index contributed by atoms with van der Waals surface area (Å²) in [6, 6.07) is 12.5. The van der Waals surface area contributed by atoms with Crippen LogP contribution >= 0.6 is 0 Å². The van der Waals surface area contributed by atoms with Gasteiger partial charge in [-0.05, 0) is 54.8 Å². The molecule has 0 amide bonds. The summed E-state index contributed by atoms with van der Waals surface area (Å²) in [5.74, 6) is 0.444. The van der Waals surface area contributed by atoms with Crippen molar-refractivity contribution in [1.29, 1.82) is 0 Å². The number of halogens is 1. The molecule has 0 spiro atoms. The van der Waals surface area contributed by atoms with E-state index in [1.54, 1.807) is 24.3 Å². The molecule has 2 aromatic rings. The minimum absolute atomic E-state index is 0.154. The van der Waals surface area contributed by atoms with E-state index in [2.05, 4.69) is 4.90 Å². The van der Waals surface area contributed by atoms with Gasteiger partial charge in [0.25, 0.3) is 0 Å². The SMILES string of the molecule is COc1ccc(CN2CCC[C@@H]2c2cccc(F)c2)cc1O. The number of phenolic OH excluding ortho intramolecular Hbond substituents is 1. The van der Waals surface area contributed by atoms with Crippen LogP contribution in [0.15, 0.2) is 42.5 Å². The normalized spacial score (nSPS) is 18.5. The summed E-state index contributed by atoms with van der Waals surface area (Å²) in [7, 11) is 1.54. The third-order valence-electron chi connectivity index (χ3n) is 4.23. The molecule has 3 rings (SSSR count). The number of rotatable bonds is 4. The van der Waals surface area contributed by atoms with Gasteiger partial charge >= 0.3 is 0 Å². The lowest BCUT2D eigenvalue weighted by atomic mass is 10.0. The third-order valence-corrected chi connectivity index (χ3v) is 4.23. The highest BCUT2D eigenvalue weighted by Gasteiger charge is 2.26. The molecule has 0 aromatic heterocycles. The first-order valence-electron chi connectivity index (χ1n) is 7.53. The van der Waals surface area contributed by atoms with Gasteiger partial charge in [0.05, 0.1) is 7.11 Å². The molecular formula is C18H20FNO2. The van der Waals surface area contributed by atoms with Gasteiger partial charge in [-0.2, -0.15) is 0 Å². The van der Waals surface area contributed by atoms with Gasteiger partial charge in [0.2, 0.25) is 0 Å². The molecule has 0 bridgehead atoms. The number of nitrogens with zero attached hydrogens (tertiary/aromatic N) is 1. The molecule has 0 unspecified atom stereocenters. The number of benzene rings is 2. The molecule has 2 aromatic carbocycles. The summed E-state index contributed by atoms with van der Waals surface area (Å²) in [5.41, 5.74) is 2.05. The highest BCUT2D eigenvalue weighted by molar-refractivity contribution is 5.41. The van der Waals surface area contributed by atoms with Crippen LogP contribution < -0.4 is 4.74 Å². The van der Waals surface area contributed by atoms with Crippen LogP contribution in [-0.4, -0.2) is 23.7 Å². The van der Waals surface area contributed by atoms with Crippen LogP contribution in [-0.2, 0) is 6.54 Å². The second-order valence-electron chi connectivity index (χ2n) is 5.69. The zero-order valence-corrected chi connectivity index (χ0v) is 12.6. The van der Waals surface area contributed by atoms with Crippen molar-refractivity contribution in [3.05, 3.63) is 59.4 Å². The molecule has 22 heavy (non-hydrogen) atoms. The Kier molecular flexibility index (Phi) is 4.29. The highest BCUT2D eigenvalue weighted by atomic mass is 19.1. The highest BCUT2D eigenvalue weighted by Crippen LogP contribution is 2.34. The molecule has 0 aliphatic carbocycles. The molecule has 0 saturated carbocycles. The fourth-order valence-electron chi connectivity index (χ4n) is 3.18. The smallest absolute Gasteiger partial charge is 0.160 e. The Morgan fingerprint density at radius 2 is 2.14 bits per heavy atom. The van der Waals surface area contributed by atoms with Crippen LogP contribution in [0.25, 0.3) is 0 Å². The maximum Gasteiger partial charge on any atom is 0.160 e. The predicted molar refractivity (Wildman–Crippen MR) is 83.4 cm³/mol. The van der Waals surface area contributed by atoms with E-state index in [0.29, 0.717) is 5.75 Å². The van der Waals surface area contributed by atoms with Gasteiger partial charge in [0, 0.05) is 12.6 Å². The number of hydrogen-bond donors (Lipinski definition) is 1. The molecule has 4 heteroatoms. The average Bonchev–Trinajstić information content (AvgIpc) is 2.95. The number of ether oxygens (including phenoxy) is 1. The molecule has 1 fully saturated rings. The predicted octanol–water partition coefficient (Wildman–Crippen LogP) is 3.88. The van der Waals surface area contributed by atoms with Gasteiger partial charge < -0.3 is 9.84 Å². The van der Waals surface area contributed by atoms with E-state index in [-0.39, 0.29) is 17.6 Å². The van der Waals surface area contributed by atoms with E-state index in [4.69, 9.17) is 4.74 Å². The van der Waals surface area contributed by atoms with Gasteiger partial charge in [-0.3, -0.25) is 4.90 Å². The number of phenols is 1. The van der Waals surface area contributed by atoms with Crippen LogP contribution in [0, 0.1) is 5.82 Å². The van der Waals surface area contributed by atoms with Crippen LogP contribution in [0.2, 0.25) is 0 Å². The van der Waals surface area contributed by atoms with E-state index < -0.39 is 0 Å². The lowest BCUT2D eigenvalue weighted by Gasteiger charge is -2.25. The number of likely N-dealkylation sites (tertiary alicyclic amines) is 1. The Labute approximate surface area is 130 Å². The zero-order chi connectivity index (χ0) is 15.5. The molecular weight excluding hydrogens is 281 g/mol. The minimum Gasteiger partial charge on any atom is -0.504 e. The maximum absolute atomic E-state index is 13.4. The molecule has 1 heterocycles. The summed E-state index contributed by atoms with van der Waals surface area (Å²) < 4.78 is 18.5. The molecule has 1 saturated heterocycles. The summed E-state index contributed by atoms with van der Waals surface area (Å²) in [6.07, 6.45) is 2.13. The molecule has 1 N–H and O–H groups in total. The van der Waals surface area contributed by atoms with Crippen molar-refractivity contribution in [1.82, 2.24) is 4.90 Å². The molecule has 0 radical (unpaired) electrons. The monoisotopic (exact) mass is 301 g/mol. The first-order valence-corrected chi connectivity index (χ1v) is 7.53. The second-order valence-corrected chi connectivity index (χ2v) is 5.69. The van der Waals surface area contributed by atoms with Gasteiger partial charge in [-0.15, -0.1) is 0 Å². The topological polar surface area (TPSA) is 32.7 Å². The Balaban J connectivity index is 1.78. The first kappa shape index (κ1) is 14.9. The van der Waals surface area contributed by atoms with E-state index >= 15 is 0 Å². The average molecular weight is 301 g/mol. The zero-order valence-electron chi connectivity index (χ0n) is 12.6. The fourth-order valence-corrected chi connectivity index (χ4v) is 3.18. The standard InChI is InChI=1S/C18H20FNO2/c1-22-18-8-7-13(10-17(18)21)12-20-9-3-6-16(20)14-4-2-5-15(19)11-14/h2,4-5,7-8,10-11,16,21H,3,6,9,12H2,1H3/t16-/m1/s1. The summed E-state index contributed by atoms with van der Waals surface area (Å²) in [5, 5.41) is 9.89. The van der Waals surface area contributed by atoms with E-state index in [1.807, 2.05) is 12.1 Å². The third kappa shape index (κ3) is 3.07. The van der Waals surface area contributed by atoms with Crippen LogP contribution in [0.5, 0.6) is 11.5 Å². The van der Waals surface area contributed by atoms with E-state index in [1.165, 1.54) is 13.2 Å². The second kappa shape index (κ2) is 6.36. The van der Waals surface area contributed by atoms with Gasteiger partial charge in [0.15, 0.2) is 11.5 Å². The van der Waals surface area contributed by atoms with Crippen LogP contribution in [0.1, 0.15) is 30.0 Å². The van der Waals surface area contributed by atoms with Crippen molar-refractivity contribution in [3.63, 3.8) is 0 Å². The fraction of sp³-hybridized carbons (Fsp3) is 0.333. The summed E-state index contributed by atoms with van der Waals surface area (Å²) in [6.45, 7) is 1.71. The van der Waals surface area contributed by atoms with Crippen molar-refractivity contribution in [3.8, 4) is 11.5 Å².